The number of benzene rings is 1. The van der Waals surface area contributed by atoms with Crippen molar-refractivity contribution in [1.82, 2.24) is 0 Å². The number of nitrogens with zero attached hydrogens (tertiary/aromatic N) is 1. The predicted molar refractivity (Wildman–Crippen MR) is 55.6 cm³/mol. The van der Waals surface area contributed by atoms with Crippen molar-refractivity contribution in [3.8, 4) is 0 Å². The summed E-state index contributed by atoms with van der Waals surface area (Å²) >= 11 is 6.12. The Morgan fingerprint density at radius 1 is 1.23 bits per heavy atom. The zero-order chi connectivity index (χ0) is 9.42. The molecule has 0 aliphatic carbocycles. The first-order chi connectivity index (χ1) is 6.20. The third-order valence-electron chi connectivity index (χ3n) is 1.92. The Kier molecular flexibility index (Phi) is 1.93. The van der Waals surface area contributed by atoms with Gasteiger partial charge in [0, 0.05) is 19.5 Å². The third-order valence-corrected chi connectivity index (χ3v) is 2.29. The van der Waals surface area contributed by atoms with Crippen molar-refractivity contribution in [2.24, 2.45) is 0 Å². The summed E-state index contributed by atoms with van der Waals surface area (Å²) in [7, 11) is 3.81. The van der Waals surface area contributed by atoms with Gasteiger partial charge in [0.05, 0.1) is 0 Å². The molecular weight excluding hydrogens is 186 g/mol. The van der Waals surface area contributed by atoms with E-state index in [1.54, 1.807) is 0 Å². The Labute approximate surface area is 81.7 Å². The van der Waals surface area contributed by atoms with E-state index in [0.717, 1.165) is 11.0 Å². The fourth-order valence-electron chi connectivity index (χ4n) is 1.29. The summed E-state index contributed by atoms with van der Waals surface area (Å²) in [4.78, 5) is 1.86. The number of rotatable bonds is 1. The number of fused-ring (bicyclic) bond motifs is 1. The molecule has 0 amide bonds. The van der Waals surface area contributed by atoms with E-state index in [4.69, 9.17) is 16.0 Å². The molecule has 0 aliphatic rings. The minimum Gasteiger partial charge on any atom is -0.439 e. The van der Waals surface area contributed by atoms with Crippen molar-refractivity contribution in [2.75, 3.05) is 19.0 Å². The van der Waals surface area contributed by atoms with Gasteiger partial charge in [-0.3, -0.25) is 0 Å². The maximum absolute atomic E-state index is 6.12. The summed E-state index contributed by atoms with van der Waals surface area (Å²) in [5, 5.41) is 1.65. The molecule has 68 valence electrons. The first-order valence-electron chi connectivity index (χ1n) is 4.04. The molecule has 0 spiro atoms. The summed E-state index contributed by atoms with van der Waals surface area (Å²) in [6.07, 6.45) is 0. The van der Waals surface area contributed by atoms with Crippen LogP contribution in [-0.2, 0) is 0 Å². The summed E-state index contributed by atoms with van der Waals surface area (Å²) < 4.78 is 5.55. The zero-order valence-electron chi connectivity index (χ0n) is 7.54. The fraction of sp³-hybridized carbons (Fsp3) is 0.200. The minimum atomic E-state index is 0.681. The second-order valence-electron chi connectivity index (χ2n) is 3.11. The van der Waals surface area contributed by atoms with Crippen molar-refractivity contribution in [3.63, 3.8) is 0 Å². The Morgan fingerprint density at radius 3 is 2.54 bits per heavy atom. The van der Waals surface area contributed by atoms with Gasteiger partial charge in [-0.05, 0) is 12.1 Å². The monoisotopic (exact) mass is 195 g/mol. The van der Waals surface area contributed by atoms with Crippen LogP contribution in [0.3, 0.4) is 0 Å². The molecule has 0 saturated carbocycles. The van der Waals surface area contributed by atoms with Gasteiger partial charge in [-0.2, -0.15) is 0 Å². The molecule has 0 fully saturated rings. The summed E-state index contributed by atoms with van der Waals surface area (Å²) in [5.74, 6) is 0.711. The van der Waals surface area contributed by atoms with Gasteiger partial charge in [0.15, 0.2) is 0 Å². The molecule has 0 atom stereocenters. The number of hydrogen-bond donors (Lipinski definition) is 0. The van der Waals surface area contributed by atoms with Gasteiger partial charge >= 0.3 is 0 Å². The molecule has 0 radical (unpaired) electrons. The molecule has 1 aromatic heterocycles. The van der Waals surface area contributed by atoms with Gasteiger partial charge in [-0.25, -0.2) is 0 Å². The molecule has 2 aromatic rings. The van der Waals surface area contributed by atoms with Crippen LogP contribution in [0.15, 0.2) is 28.7 Å². The first-order valence-corrected chi connectivity index (χ1v) is 4.42. The lowest BCUT2D eigenvalue weighted by Crippen LogP contribution is -2.07. The van der Waals surface area contributed by atoms with Crippen LogP contribution in [0.4, 0.5) is 5.88 Å². The van der Waals surface area contributed by atoms with E-state index in [2.05, 4.69) is 0 Å². The van der Waals surface area contributed by atoms with E-state index >= 15 is 0 Å². The standard InChI is InChI=1S/C10H10ClNO/c1-12(2)10-9(11)7-5-3-4-6-8(7)13-10/h3-6H,1-2H3. The number of furan rings is 1. The molecule has 1 heterocycles. The Bertz CT molecular complexity index is 433. The van der Waals surface area contributed by atoms with Crippen molar-refractivity contribution < 1.29 is 4.42 Å². The summed E-state index contributed by atoms with van der Waals surface area (Å²) in [6, 6.07) is 7.74. The Hall–Kier alpha value is -1.15. The Balaban J connectivity index is 2.74. The second-order valence-corrected chi connectivity index (χ2v) is 3.49. The van der Waals surface area contributed by atoms with E-state index < -0.39 is 0 Å². The quantitative estimate of drug-likeness (QED) is 0.695. The van der Waals surface area contributed by atoms with Gasteiger partial charge < -0.3 is 9.32 Å². The number of para-hydroxylation sites is 1. The molecule has 0 N–H and O–H groups in total. The highest BCUT2D eigenvalue weighted by molar-refractivity contribution is 6.37. The minimum absolute atomic E-state index is 0.681. The van der Waals surface area contributed by atoms with Gasteiger partial charge in [0.2, 0.25) is 5.88 Å². The SMILES string of the molecule is CN(C)c1oc2ccccc2c1Cl. The average Bonchev–Trinajstić information content (AvgIpc) is 2.45. The molecule has 2 rings (SSSR count). The third kappa shape index (κ3) is 1.27. The van der Waals surface area contributed by atoms with E-state index in [1.165, 1.54) is 0 Å². The van der Waals surface area contributed by atoms with Crippen LogP contribution in [0.25, 0.3) is 11.0 Å². The van der Waals surface area contributed by atoms with Crippen LogP contribution in [0.2, 0.25) is 5.02 Å². The highest BCUT2D eigenvalue weighted by Gasteiger charge is 2.12. The molecule has 2 nitrogen and oxygen atoms in total. The summed E-state index contributed by atoms with van der Waals surface area (Å²) in [6.45, 7) is 0. The van der Waals surface area contributed by atoms with Gasteiger partial charge in [-0.15, -0.1) is 0 Å². The van der Waals surface area contributed by atoms with E-state index in [0.29, 0.717) is 10.9 Å². The van der Waals surface area contributed by atoms with Crippen molar-refractivity contribution >= 4 is 28.5 Å². The number of halogens is 1. The van der Waals surface area contributed by atoms with Crippen LogP contribution in [-0.4, -0.2) is 14.1 Å². The smallest absolute Gasteiger partial charge is 0.215 e. The number of hydrogen-bond acceptors (Lipinski definition) is 2. The van der Waals surface area contributed by atoms with Gasteiger partial charge in [-0.1, -0.05) is 23.7 Å². The van der Waals surface area contributed by atoms with Gasteiger partial charge in [0.1, 0.15) is 10.6 Å². The average molecular weight is 196 g/mol. The van der Waals surface area contributed by atoms with Gasteiger partial charge in [0.25, 0.3) is 0 Å². The first kappa shape index (κ1) is 8.45. The largest absolute Gasteiger partial charge is 0.439 e. The van der Waals surface area contributed by atoms with Crippen LogP contribution in [0, 0.1) is 0 Å². The number of anilines is 1. The maximum Gasteiger partial charge on any atom is 0.215 e. The summed E-state index contributed by atoms with van der Waals surface area (Å²) in [5.41, 5.74) is 0.830. The van der Waals surface area contributed by atoms with Crippen molar-refractivity contribution in [2.45, 2.75) is 0 Å². The molecule has 0 unspecified atom stereocenters. The Morgan fingerprint density at radius 2 is 1.92 bits per heavy atom. The van der Waals surface area contributed by atoms with Crippen molar-refractivity contribution in [1.29, 1.82) is 0 Å². The highest BCUT2D eigenvalue weighted by Crippen LogP contribution is 2.35. The molecule has 1 aromatic carbocycles. The van der Waals surface area contributed by atoms with E-state index in [9.17, 15) is 0 Å². The molecule has 13 heavy (non-hydrogen) atoms. The van der Waals surface area contributed by atoms with E-state index in [-0.39, 0.29) is 0 Å². The molecule has 0 aliphatic heterocycles. The molecule has 0 bridgehead atoms. The molecule has 3 heteroatoms. The zero-order valence-corrected chi connectivity index (χ0v) is 8.30. The van der Waals surface area contributed by atoms with Crippen LogP contribution in [0.1, 0.15) is 0 Å². The van der Waals surface area contributed by atoms with Crippen LogP contribution < -0.4 is 4.90 Å². The molecular formula is C10H10ClNO. The van der Waals surface area contributed by atoms with Crippen molar-refractivity contribution in [3.05, 3.63) is 29.3 Å². The normalized spacial score (nSPS) is 10.7. The fourth-order valence-corrected chi connectivity index (χ4v) is 1.65. The molecule has 0 saturated heterocycles. The lowest BCUT2D eigenvalue weighted by Gasteiger charge is -2.07. The van der Waals surface area contributed by atoms with Crippen LogP contribution in [0.5, 0.6) is 0 Å². The van der Waals surface area contributed by atoms with E-state index in [1.807, 2.05) is 43.3 Å². The van der Waals surface area contributed by atoms with Crippen LogP contribution >= 0.6 is 11.6 Å². The topological polar surface area (TPSA) is 16.4 Å². The lowest BCUT2D eigenvalue weighted by atomic mass is 10.2. The maximum atomic E-state index is 6.12. The second kappa shape index (κ2) is 2.96. The predicted octanol–water partition coefficient (Wildman–Crippen LogP) is 3.15. The lowest BCUT2D eigenvalue weighted by molar-refractivity contribution is 0.610. The highest BCUT2D eigenvalue weighted by atomic mass is 35.5.